The van der Waals surface area contributed by atoms with E-state index in [0.29, 0.717) is 26.1 Å². The zero-order chi connectivity index (χ0) is 22.1. The first-order chi connectivity index (χ1) is 14.7. The molecule has 0 aromatic rings. The lowest BCUT2D eigenvalue weighted by atomic mass is 10.0. The molecule has 4 nitrogen and oxygen atoms in total. The molecule has 0 rings (SSSR count). The number of ether oxygens (including phenoxy) is 2. The zero-order valence-electron chi connectivity index (χ0n) is 19.9. The van der Waals surface area contributed by atoms with Crippen LogP contribution in [0, 0.1) is 0 Å². The number of hydrogen-bond donors (Lipinski definition) is 0. The second-order valence-corrected chi connectivity index (χ2v) is 8.21. The van der Waals surface area contributed by atoms with Crippen molar-refractivity contribution in [2.24, 2.45) is 0 Å². The lowest BCUT2D eigenvalue weighted by Gasteiger charge is -2.06. The molecule has 0 saturated heterocycles. The molecule has 30 heavy (non-hydrogen) atoms. The third-order valence-electron chi connectivity index (χ3n) is 5.22. The highest BCUT2D eigenvalue weighted by Gasteiger charge is 2.07. The number of esters is 2. The standard InChI is InChI=1S/C26H48O4/c1-3-5-7-9-10-11-12-13-14-15-16-17-19-24-30-26(28)22-20-21-25(27)29-23-18-8-6-4-2/h6,8H,3-5,7,9-24H2,1-2H3/b8-6+. The summed E-state index contributed by atoms with van der Waals surface area (Å²) in [4.78, 5) is 23.2. The van der Waals surface area contributed by atoms with Gasteiger partial charge in [0.25, 0.3) is 0 Å². The van der Waals surface area contributed by atoms with E-state index in [0.717, 1.165) is 25.7 Å². The molecule has 0 saturated carbocycles. The van der Waals surface area contributed by atoms with Crippen LogP contribution < -0.4 is 0 Å². The van der Waals surface area contributed by atoms with Gasteiger partial charge in [-0.05, 0) is 25.7 Å². The van der Waals surface area contributed by atoms with Crippen molar-refractivity contribution in [2.45, 2.75) is 129 Å². The Kier molecular flexibility index (Phi) is 22.9. The molecule has 0 fully saturated rings. The van der Waals surface area contributed by atoms with Gasteiger partial charge in [0.1, 0.15) is 0 Å². The van der Waals surface area contributed by atoms with Crippen molar-refractivity contribution >= 4 is 11.9 Å². The average Bonchev–Trinajstić information content (AvgIpc) is 2.74. The van der Waals surface area contributed by atoms with Crippen LogP contribution in [0.2, 0.25) is 0 Å². The highest BCUT2D eigenvalue weighted by molar-refractivity contribution is 5.72. The molecule has 4 heteroatoms. The molecule has 0 aliphatic carbocycles. The molecule has 0 aliphatic heterocycles. The first-order valence-corrected chi connectivity index (χ1v) is 12.7. The summed E-state index contributed by atoms with van der Waals surface area (Å²) in [7, 11) is 0. The maximum Gasteiger partial charge on any atom is 0.305 e. The Morgan fingerprint density at radius 1 is 0.567 bits per heavy atom. The Labute approximate surface area is 186 Å². The van der Waals surface area contributed by atoms with Gasteiger partial charge in [0.2, 0.25) is 0 Å². The fourth-order valence-corrected chi connectivity index (χ4v) is 3.35. The summed E-state index contributed by atoms with van der Waals surface area (Å²) in [6, 6.07) is 0. The maximum atomic E-state index is 11.7. The Morgan fingerprint density at radius 3 is 1.53 bits per heavy atom. The molecule has 0 atom stereocenters. The smallest absolute Gasteiger partial charge is 0.305 e. The number of carbonyl (C=O) groups excluding carboxylic acids is 2. The van der Waals surface area contributed by atoms with Gasteiger partial charge in [-0.3, -0.25) is 9.59 Å². The van der Waals surface area contributed by atoms with Crippen LogP contribution in [0.1, 0.15) is 129 Å². The first-order valence-electron chi connectivity index (χ1n) is 12.7. The van der Waals surface area contributed by atoms with E-state index in [2.05, 4.69) is 19.9 Å². The average molecular weight is 425 g/mol. The van der Waals surface area contributed by atoms with Crippen LogP contribution in [0.5, 0.6) is 0 Å². The van der Waals surface area contributed by atoms with Crippen molar-refractivity contribution in [3.63, 3.8) is 0 Å². The van der Waals surface area contributed by atoms with Crippen LogP contribution in [0.4, 0.5) is 0 Å². The summed E-state index contributed by atoms with van der Waals surface area (Å²) >= 11 is 0. The summed E-state index contributed by atoms with van der Waals surface area (Å²) in [6.07, 6.45) is 23.9. The summed E-state index contributed by atoms with van der Waals surface area (Å²) in [5.74, 6) is -0.434. The van der Waals surface area contributed by atoms with Crippen LogP contribution in [0.25, 0.3) is 0 Å². The largest absolute Gasteiger partial charge is 0.466 e. The van der Waals surface area contributed by atoms with Gasteiger partial charge in [-0.15, -0.1) is 0 Å². The van der Waals surface area contributed by atoms with Crippen molar-refractivity contribution in [3.05, 3.63) is 12.2 Å². The number of unbranched alkanes of at least 4 members (excludes halogenated alkanes) is 12. The van der Waals surface area contributed by atoms with E-state index in [1.165, 1.54) is 70.6 Å². The van der Waals surface area contributed by atoms with Crippen molar-refractivity contribution in [1.29, 1.82) is 0 Å². The van der Waals surface area contributed by atoms with E-state index in [4.69, 9.17) is 9.47 Å². The topological polar surface area (TPSA) is 52.6 Å². The Hall–Kier alpha value is -1.32. The molecule has 176 valence electrons. The summed E-state index contributed by atoms with van der Waals surface area (Å²) in [5.41, 5.74) is 0. The molecular formula is C26H48O4. The molecule has 0 aromatic carbocycles. The number of carbonyl (C=O) groups is 2. The molecule has 0 aromatic heterocycles. The van der Waals surface area contributed by atoms with E-state index in [1.54, 1.807) is 0 Å². The van der Waals surface area contributed by atoms with E-state index >= 15 is 0 Å². The van der Waals surface area contributed by atoms with Gasteiger partial charge >= 0.3 is 11.9 Å². The van der Waals surface area contributed by atoms with Crippen LogP contribution in [-0.4, -0.2) is 25.2 Å². The number of allylic oxidation sites excluding steroid dienone is 1. The normalized spacial score (nSPS) is 11.1. The molecule has 0 radical (unpaired) electrons. The second-order valence-electron chi connectivity index (χ2n) is 8.21. The molecule has 0 unspecified atom stereocenters. The second kappa shape index (κ2) is 24.0. The molecule has 0 bridgehead atoms. The highest BCUT2D eigenvalue weighted by atomic mass is 16.5. The van der Waals surface area contributed by atoms with E-state index in [1.807, 2.05) is 6.08 Å². The van der Waals surface area contributed by atoms with Gasteiger partial charge in [-0.25, -0.2) is 0 Å². The minimum absolute atomic E-state index is 0.201. The Morgan fingerprint density at radius 2 is 1.03 bits per heavy atom. The van der Waals surface area contributed by atoms with Gasteiger partial charge in [0.05, 0.1) is 13.2 Å². The van der Waals surface area contributed by atoms with Gasteiger partial charge in [-0.2, -0.15) is 0 Å². The summed E-state index contributed by atoms with van der Waals surface area (Å²) < 4.78 is 10.4. The third-order valence-corrected chi connectivity index (χ3v) is 5.22. The third kappa shape index (κ3) is 23.0. The van der Waals surface area contributed by atoms with E-state index in [9.17, 15) is 9.59 Å². The molecule has 0 amide bonds. The number of rotatable bonds is 22. The van der Waals surface area contributed by atoms with Crippen molar-refractivity contribution < 1.29 is 19.1 Å². The quantitative estimate of drug-likeness (QED) is 0.101. The zero-order valence-corrected chi connectivity index (χ0v) is 19.9. The molecule has 0 aliphatic rings. The molecule has 0 N–H and O–H groups in total. The van der Waals surface area contributed by atoms with Crippen LogP contribution in [0.15, 0.2) is 12.2 Å². The first kappa shape index (κ1) is 28.7. The maximum absolute atomic E-state index is 11.7. The predicted octanol–water partition coefficient (Wildman–Crippen LogP) is 7.69. The van der Waals surface area contributed by atoms with Crippen LogP contribution in [0.3, 0.4) is 0 Å². The number of hydrogen-bond acceptors (Lipinski definition) is 4. The SMILES string of the molecule is CC/C=C/CCOC(=O)CCCC(=O)OCCCCCCCCCCCCCCC. The minimum Gasteiger partial charge on any atom is -0.466 e. The Bertz CT molecular complexity index is 417. The van der Waals surface area contributed by atoms with E-state index in [-0.39, 0.29) is 18.4 Å². The predicted molar refractivity (Wildman–Crippen MR) is 126 cm³/mol. The lowest BCUT2D eigenvalue weighted by molar-refractivity contribution is -0.145. The minimum atomic E-state index is -0.232. The van der Waals surface area contributed by atoms with Gasteiger partial charge in [0, 0.05) is 12.8 Å². The summed E-state index contributed by atoms with van der Waals surface area (Å²) in [5, 5.41) is 0. The van der Waals surface area contributed by atoms with Crippen LogP contribution >= 0.6 is 0 Å². The molecule has 0 spiro atoms. The highest BCUT2D eigenvalue weighted by Crippen LogP contribution is 2.12. The lowest BCUT2D eigenvalue weighted by Crippen LogP contribution is -2.09. The van der Waals surface area contributed by atoms with Gasteiger partial charge < -0.3 is 9.47 Å². The summed E-state index contributed by atoms with van der Waals surface area (Å²) in [6.45, 7) is 5.25. The Balaban J connectivity index is 3.28. The van der Waals surface area contributed by atoms with Crippen molar-refractivity contribution in [2.75, 3.05) is 13.2 Å². The monoisotopic (exact) mass is 424 g/mol. The van der Waals surface area contributed by atoms with Crippen molar-refractivity contribution in [1.82, 2.24) is 0 Å². The van der Waals surface area contributed by atoms with Gasteiger partial charge in [-0.1, -0.05) is 103 Å². The van der Waals surface area contributed by atoms with Gasteiger partial charge in [0.15, 0.2) is 0 Å². The fraction of sp³-hybridized carbons (Fsp3) is 0.846. The molecule has 0 heterocycles. The van der Waals surface area contributed by atoms with Crippen molar-refractivity contribution in [3.8, 4) is 0 Å². The fourth-order valence-electron chi connectivity index (χ4n) is 3.35. The van der Waals surface area contributed by atoms with Crippen LogP contribution in [-0.2, 0) is 19.1 Å². The van der Waals surface area contributed by atoms with E-state index < -0.39 is 0 Å². The molecular weight excluding hydrogens is 376 g/mol.